The number of benzene rings is 2. The zero-order valence-electron chi connectivity index (χ0n) is 17.8. The Kier molecular flexibility index (Phi) is 4.55. The molecule has 3 heterocycles. The highest BCUT2D eigenvalue weighted by molar-refractivity contribution is 5.99. The summed E-state index contributed by atoms with van der Waals surface area (Å²) in [6.45, 7) is 4.01. The third-order valence-corrected chi connectivity index (χ3v) is 6.01. The van der Waals surface area contributed by atoms with E-state index in [9.17, 15) is 14.7 Å². The Balaban J connectivity index is 1.77. The zero-order chi connectivity index (χ0) is 22.6. The number of ether oxygens (including phenoxy) is 1. The molecule has 4 aromatic rings. The van der Waals surface area contributed by atoms with Crippen LogP contribution in [0.1, 0.15) is 44.6 Å². The van der Waals surface area contributed by atoms with Gasteiger partial charge in [-0.2, -0.15) is 0 Å². The Morgan fingerprint density at radius 3 is 2.59 bits per heavy atom. The second kappa shape index (κ2) is 7.30. The molecule has 7 nitrogen and oxygen atoms in total. The lowest BCUT2D eigenvalue weighted by Gasteiger charge is -2.24. The lowest BCUT2D eigenvalue weighted by molar-refractivity contribution is 0.0701. The lowest BCUT2D eigenvalue weighted by Crippen LogP contribution is -2.29. The number of carbonyl (C=O) groups excluding carboxylic acids is 1. The average Bonchev–Trinajstić information content (AvgIpc) is 3.38. The highest BCUT2D eigenvalue weighted by Gasteiger charge is 2.43. The number of methoxy groups -OCH3 is 1. The molecule has 0 radical (unpaired) electrons. The lowest BCUT2D eigenvalue weighted by atomic mass is 9.97. The molecular weight excluding hydrogens is 410 g/mol. The van der Waals surface area contributed by atoms with Gasteiger partial charge in [0.05, 0.1) is 36.9 Å². The molecule has 32 heavy (non-hydrogen) atoms. The Morgan fingerprint density at radius 1 is 1.09 bits per heavy atom. The molecule has 0 saturated carbocycles. The van der Waals surface area contributed by atoms with E-state index >= 15 is 0 Å². The second-order valence-electron chi connectivity index (χ2n) is 7.95. The maximum atomic E-state index is 13.6. The molecule has 1 unspecified atom stereocenters. The molecule has 0 saturated heterocycles. The molecule has 0 aliphatic carbocycles. The van der Waals surface area contributed by atoms with Crippen molar-refractivity contribution in [2.24, 2.45) is 0 Å². The van der Waals surface area contributed by atoms with Crippen molar-refractivity contribution in [1.82, 2.24) is 4.90 Å². The predicted molar refractivity (Wildman–Crippen MR) is 117 cm³/mol. The minimum absolute atomic E-state index is 0.0225. The molecule has 7 heteroatoms. The molecule has 1 aliphatic heterocycles. The van der Waals surface area contributed by atoms with Crippen LogP contribution in [0.3, 0.4) is 0 Å². The first kappa shape index (κ1) is 19.9. The Hall–Kier alpha value is -4.00. The average molecular weight is 431 g/mol. The van der Waals surface area contributed by atoms with E-state index in [2.05, 4.69) is 0 Å². The number of fused-ring (bicyclic) bond motifs is 2. The number of rotatable bonds is 4. The molecule has 2 aromatic heterocycles. The number of carbonyl (C=O) groups is 1. The fraction of sp³-hybridized carbons (Fsp3) is 0.200. The van der Waals surface area contributed by atoms with Gasteiger partial charge in [-0.1, -0.05) is 6.07 Å². The van der Waals surface area contributed by atoms with Crippen LogP contribution in [-0.4, -0.2) is 23.0 Å². The number of amides is 1. The number of hydrogen-bond donors (Lipinski definition) is 1. The molecule has 1 atom stereocenters. The van der Waals surface area contributed by atoms with Crippen LogP contribution < -0.4 is 10.2 Å². The van der Waals surface area contributed by atoms with E-state index in [-0.39, 0.29) is 34.8 Å². The Morgan fingerprint density at radius 2 is 1.88 bits per heavy atom. The van der Waals surface area contributed by atoms with Crippen molar-refractivity contribution in [2.45, 2.75) is 26.4 Å². The number of furan rings is 1. The van der Waals surface area contributed by atoms with E-state index in [1.54, 1.807) is 41.3 Å². The van der Waals surface area contributed by atoms with Gasteiger partial charge in [-0.05, 0) is 66.9 Å². The van der Waals surface area contributed by atoms with Crippen molar-refractivity contribution in [1.29, 1.82) is 0 Å². The van der Waals surface area contributed by atoms with Crippen molar-refractivity contribution in [2.75, 3.05) is 7.11 Å². The molecular formula is C25H21NO6. The highest BCUT2D eigenvalue weighted by Crippen LogP contribution is 2.41. The number of nitrogens with zero attached hydrogens (tertiary/aromatic N) is 1. The zero-order valence-corrected chi connectivity index (χ0v) is 17.8. The van der Waals surface area contributed by atoms with Crippen LogP contribution >= 0.6 is 0 Å². The number of aromatic hydroxyl groups is 1. The van der Waals surface area contributed by atoms with Crippen molar-refractivity contribution in [3.8, 4) is 11.5 Å². The largest absolute Gasteiger partial charge is 0.504 e. The molecule has 1 N–H and O–H groups in total. The van der Waals surface area contributed by atoms with Gasteiger partial charge < -0.3 is 23.6 Å². The van der Waals surface area contributed by atoms with Crippen LogP contribution in [0.4, 0.5) is 0 Å². The smallest absolute Gasteiger partial charge is 0.291 e. The molecule has 162 valence electrons. The van der Waals surface area contributed by atoms with E-state index in [0.717, 1.165) is 11.1 Å². The van der Waals surface area contributed by atoms with Gasteiger partial charge in [-0.25, -0.2) is 0 Å². The van der Waals surface area contributed by atoms with E-state index in [4.69, 9.17) is 13.6 Å². The molecule has 2 aromatic carbocycles. The molecule has 0 fully saturated rings. The summed E-state index contributed by atoms with van der Waals surface area (Å²) in [5.74, 6) is 0.415. The van der Waals surface area contributed by atoms with E-state index in [1.807, 2.05) is 13.8 Å². The van der Waals surface area contributed by atoms with Gasteiger partial charge in [-0.15, -0.1) is 0 Å². The summed E-state index contributed by atoms with van der Waals surface area (Å²) in [6.07, 6.45) is 1.53. The van der Waals surface area contributed by atoms with E-state index < -0.39 is 11.9 Å². The monoisotopic (exact) mass is 431 g/mol. The van der Waals surface area contributed by atoms with Gasteiger partial charge in [0.1, 0.15) is 11.3 Å². The van der Waals surface area contributed by atoms with Gasteiger partial charge in [0.2, 0.25) is 5.76 Å². The van der Waals surface area contributed by atoms with E-state index in [0.29, 0.717) is 22.3 Å². The third kappa shape index (κ3) is 2.97. The summed E-state index contributed by atoms with van der Waals surface area (Å²) in [5, 5.41) is 10.5. The van der Waals surface area contributed by atoms with Crippen LogP contribution in [0, 0.1) is 13.8 Å². The topological polar surface area (TPSA) is 93.1 Å². The van der Waals surface area contributed by atoms with Crippen LogP contribution in [0.2, 0.25) is 0 Å². The molecule has 0 bridgehead atoms. The van der Waals surface area contributed by atoms with Crippen molar-refractivity contribution < 1.29 is 23.5 Å². The number of hydrogen-bond acceptors (Lipinski definition) is 6. The summed E-state index contributed by atoms with van der Waals surface area (Å²) in [4.78, 5) is 28.6. The number of phenols is 1. The summed E-state index contributed by atoms with van der Waals surface area (Å²) in [7, 11) is 1.44. The molecule has 0 spiro atoms. The fourth-order valence-corrected chi connectivity index (χ4v) is 4.22. The first-order valence-electron chi connectivity index (χ1n) is 10.2. The molecule has 1 aliphatic rings. The van der Waals surface area contributed by atoms with Gasteiger partial charge in [0, 0.05) is 0 Å². The first-order chi connectivity index (χ1) is 15.4. The van der Waals surface area contributed by atoms with Crippen LogP contribution in [0.25, 0.3) is 11.0 Å². The normalized spacial score (nSPS) is 15.4. The Bertz CT molecular complexity index is 1420. The van der Waals surface area contributed by atoms with Gasteiger partial charge in [-0.3, -0.25) is 9.59 Å². The van der Waals surface area contributed by atoms with Gasteiger partial charge in [0.15, 0.2) is 16.9 Å². The summed E-state index contributed by atoms with van der Waals surface area (Å²) >= 11 is 0. The highest BCUT2D eigenvalue weighted by atomic mass is 16.5. The molecule has 5 rings (SSSR count). The first-order valence-corrected chi connectivity index (χ1v) is 10.2. The summed E-state index contributed by atoms with van der Waals surface area (Å²) in [5.41, 5.74) is 2.95. The van der Waals surface area contributed by atoms with Crippen molar-refractivity contribution in [3.63, 3.8) is 0 Å². The minimum atomic E-state index is -0.723. The predicted octanol–water partition coefficient (Wildman–Crippen LogP) is 4.46. The SMILES string of the molecule is COc1cc(C2c3c(oc4cc(C)c(C)cc4c3=O)C(=O)N2Cc2ccco2)ccc1O. The Labute approximate surface area is 183 Å². The minimum Gasteiger partial charge on any atom is -0.504 e. The number of phenolic OH excluding ortho intramolecular Hbond substituents is 1. The van der Waals surface area contributed by atoms with Crippen molar-refractivity contribution >= 4 is 16.9 Å². The third-order valence-electron chi connectivity index (χ3n) is 6.01. The van der Waals surface area contributed by atoms with Crippen LogP contribution in [0.15, 0.2) is 62.4 Å². The fourth-order valence-electron chi connectivity index (χ4n) is 4.22. The maximum Gasteiger partial charge on any atom is 0.291 e. The standard InChI is InChI=1S/C25H21NO6/c1-13-9-17-19(10-14(13)2)32-24-21(23(17)28)22(15-6-7-18(27)20(11-15)30-3)26(25(24)29)12-16-5-4-8-31-16/h4-11,22,27H,12H2,1-3H3. The number of aryl methyl sites for hydroxylation is 2. The maximum absolute atomic E-state index is 13.6. The quantitative estimate of drug-likeness (QED) is 0.513. The van der Waals surface area contributed by atoms with E-state index in [1.165, 1.54) is 19.4 Å². The molecule has 1 amide bonds. The van der Waals surface area contributed by atoms with Crippen LogP contribution in [0.5, 0.6) is 11.5 Å². The summed E-state index contributed by atoms with van der Waals surface area (Å²) in [6, 6.07) is 11.1. The van der Waals surface area contributed by atoms with Gasteiger partial charge in [0.25, 0.3) is 5.91 Å². The second-order valence-corrected chi connectivity index (χ2v) is 7.95. The van der Waals surface area contributed by atoms with Gasteiger partial charge >= 0.3 is 0 Å². The summed E-state index contributed by atoms with van der Waals surface area (Å²) < 4.78 is 16.7. The van der Waals surface area contributed by atoms with Crippen LogP contribution in [-0.2, 0) is 6.54 Å². The van der Waals surface area contributed by atoms with Crippen molar-refractivity contribution in [3.05, 3.63) is 92.7 Å².